The molecule has 1 aromatic rings. The van der Waals surface area contributed by atoms with Crippen LogP contribution >= 0.6 is 11.6 Å². The molecule has 0 heterocycles. The highest BCUT2D eigenvalue weighted by molar-refractivity contribution is 6.17. The number of carbonyl (C=O) groups is 1. The van der Waals surface area contributed by atoms with E-state index in [1.165, 1.54) is 28.7 Å². The van der Waals surface area contributed by atoms with Gasteiger partial charge in [-0.3, -0.25) is 9.79 Å². The number of hydrogen-bond acceptors (Lipinski definition) is 5. The molecule has 0 saturated heterocycles. The van der Waals surface area contributed by atoms with E-state index in [0.717, 1.165) is 56.0 Å². The number of benzene rings is 1. The van der Waals surface area contributed by atoms with Crippen LogP contribution < -0.4 is 5.73 Å². The number of ketones is 1. The van der Waals surface area contributed by atoms with E-state index in [1.54, 1.807) is 0 Å². The highest BCUT2D eigenvalue weighted by Gasteiger charge is 2.33. The minimum Gasteiger partial charge on any atom is -0.399 e. The van der Waals surface area contributed by atoms with E-state index < -0.39 is 0 Å². The quantitative estimate of drug-likeness (QED) is 0.137. The van der Waals surface area contributed by atoms with Crippen molar-refractivity contribution >= 4 is 34.9 Å². The number of rotatable bonds is 17. The number of Topliss-reactive ketones (excluding diaryl/α,β-unsaturated/α-hetero) is 1. The number of nitrogens with zero attached hydrogens (tertiary/aromatic N) is 1. The second-order valence-corrected chi connectivity index (χ2v) is 10.7. The summed E-state index contributed by atoms with van der Waals surface area (Å²) in [4.78, 5) is 17.0. The average Bonchev–Trinajstić information content (AvgIpc) is 2.88. The number of alkyl halides is 1. The van der Waals surface area contributed by atoms with E-state index in [1.807, 2.05) is 6.07 Å². The van der Waals surface area contributed by atoms with Gasteiger partial charge < -0.3 is 15.2 Å². The van der Waals surface area contributed by atoms with Crippen LogP contribution in [0.4, 0.5) is 5.69 Å². The van der Waals surface area contributed by atoms with Crippen molar-refractivity contribution in [2.45, 2.75) is 70.6 Å². The van der Waals surface area contributed by atoms with Gasteiger partial charge in [-0.1, -0.05) is 38.8 Å². The number of carbonyl (C=O) groups excluding carboxylic acids is 1. The van der Waals surface area contributed by atoms with E-state index in [4.69, 9.17) is 31.8 Å². The summed E-state index contributed by atoms with van der Waals surface area (Å²) in [5.41, 5.74) is 12.6. The van der Waals surface area contributed by atoms with Gasteiger partial charge in [0.2, 0.25) is 0 Å². The number of fused-ring (bicyclic) bond motifs is 2. The monoisotopic (exact) mass is 526 g/mol. The lowest BCUT2D eigenvalue weighted by atomic mass is 9.67. The minimum atomic E-state index is -0.144. The topological polar surface area (TPSA) is 73.9 Å². The van der Waals surface area contributed by atoms with Crippen LogP contribution in [0.25, 0.3) is 6.08 Å². The smallest absolute Gasteiger partial charge is 0.133 e. The van der Waals surface area contributed by atoms with Crippen molar-refractivity contribution in [2.24, 2.45) is 4.99 Å². The molecule has 0 radical (unpaired) electrons. The van der Waals surface area contributed by atoms with Crippen LogP contribution in [0.1, 0.15) is 76.3 Å². The molecule has 6 heteroatoms. The summed E-state index contributed by atoms with van der Waals surface area (Å²) in [6.07, 6.45) is 15.8. The number of unbranched alkanes of at least 4 members (excludes halogenated alkanes) is 3. The predicted octanol–water partition coefficient (Wildman–Crippen LogP) is 6.84. The van der Waals surface area contributed by atoms with Crippen molar-refractivity contribution in [1.29, 1.82) is 0 Å². The van der Waals surface area contributed by atoms with Gasteiger partial charge in [-0.2, -0.15) is 0 Å². The van der Waals surface area contributed by atoms with E-state index >= 15 is 0 Å². The first-order valence-corrected chi connectivity index (χ1v) is 14.2. The summed E-state index contributed by atoms with van der Waals surface area (Å²) >= 11 is 5.66. The highest BCUT2D eigenvalue weighted by atomic mass is 35.5. The first kappa shape index (κ1) is 29.3. The van der Waals surface area contributed by atoms with Gasteiger partial charge >= 0.3 is 0 Å². The first-order valence-electron chi connectivity index (χ1n) is 13.7. The Balaban J connectivity index is 1.30. The fourth-order valence-electron chi connectivity index (χ4n) is 4.82. The van der Waals surface area contributed by atoms with Crippen LogP contribution in [0.3, 0.4) is 0 Å². The molecule has 5 nitrogen and oxygen atoms in total. The summed E-state index contributed by atoms with van der Waals surface area (Å²) in [7, 11) is 0. The van der Waals surface area contributed by atoms with Gasteiger partial charge in [-0.15, -0.1) is 11.6 Å². The van der Waals surface area contributed by atoms with Crippen LogP contribution in [-0.2, 0) is 19.7 Å². The molecule has 2 aliphatic carbocycles. The molecule has 0 aromatic heterocycles. The SMILES string of the molecule is CC1(C)C2=CC(=NCCCC(=O)CCCOCCOCCCCCCCl)C=CC2=Cc2ccc(N)cc21. The molecule has 3 rings (SSSR count). The molecule has 0 fully saturated rings. The fraction of sp³-hybridized carbons (Fsp3) is 0.548. The number of hydrogen-bond donors (Lipinski definition) is 1. The molecule has 0 saturated carbocycles. The zero-order valence-corrected chi connectivity index (χ0v) is 23.3. The Morgan fingerprint density at radius 3 is 2.43 bits per heavy atom. The summed E-state index contributed by atoms with van der Waals surface area (Å²) in [6.45, 7) is 7.71. The van der Waals surface area contributed by atoms with Gasteiger partial charge in [0.15, 0.2) is 0 Å². The summed E-state index contributed by atoms with van der Waals surface area (Å²) < 4.78 is 11.1. The molecule has 2 aliphatic rings. The minimum absolute atomic E-state index is 0.144. The molecule has 2 N–H and O–H groups in total. The van der Waals surface area contributed by atoms with Gasteiger partial charge in [0.1, 0.15) is 5.78 Å². The van der Waals surface area contributed by atoms with E-state index in [-0.39, 0.29) is 11.2 Å². The number of anilines is 1. The van der Waals surface area contributed by atoms with Crippen molar-refractivity contribution in [3.8, 4) is 0 Å². The highest BCUT2D eigenvalue weighted by Crippen LogP contribution is 2.44. The Morgan fingerprint density at radius 1 is 0.919 bits per heavy atom. The zero-order chi connectivity index (χ0) is 26.5. The van der Waals surface area contributed by atoms with Crippen LogP contribution in [0.2, 0.25) is 0 Å². The Kier molecular flexibility index (Phi) is 12.1. The normalized spacial score (nSPS) is 16.8. The lowest BCUT2D eigenvalue weighted by Gasteiger charge is -2.36. The Hall–Kier alpha value is -2.21. The number of nitrogen functional groups attached to an aromatic ring is 1. The van der Waals surface area contributed by atoms with Gasteiger partial charge in [-0.05, 0) is 78.3 Å². The van der Waals surface area contributed by atoms with Crippen molar-refractivity contribution in [3.63, 3.8) is 0 Å². The maximum Gasteiger partial charge on any atom is 0.133 e. The molecular formula is C31H43ClN2O3. The third kappa shape index (κ3) is 9.24. The molecule has 0 bridgehead atoms. The molecule has 0 amide bonds. The fourth-order valence-corrected chi connectivity index (χ4v) is 5.01. The van der Waals surface area contributed by atoms with E-state index in [2.05, 4.69) is 50.3 Å². The van der Waals surface area contributed by atoms with Crippen molar-refractivity contribution < 1.29 is 14.3 Å². The van der Waals surface area contributed by atoms with Crippen LogP contribution in [0.15, 0.2) is 52.6 Å². The molecule has 1 aromatic carbocycles. The molecule has 202 valence electrons. The second-order valence-electron chi connectivity index (χ2n) is 10.3. The molecular weight excluding hydrogens is 484 g/mol. The molecule has 0 aliphatic heterocycles. The lowest BCUT2D eigenvalue weighted by molar-refractivity contribution is -0.119. The van der Waals surface area contributed by atoms with Gasteiger partial charge in [-0.25, -0.2) is 0 Å². The van der Waals surface area contributed by atoms with E-state index in [0.29, 0.717) is 39.2 Å². The van der Waals surface area contributed by atoms with Gasteiger partial charge in [0.05, 0.1) is 18.9 Å². The Morgan fingerprint density at radius 2 is 1.65 bits per heavy atom. The zero-order valence-electron chi connectivity index (χ0n) is 22.6. The van der Waals surface area contributed by atoms with Gasteiger partial charge in [0.25, 0.3) is 0 Å². The Bertz CT molecular complexity index is 1020. The van der Waals surface area contributed by atoms with Crippen molar-refractivity contribution in [2.75, 3.05) is 44.6 Å². The summed E-state index contributed by atoms with van der Waals surface area (Å²) in [6, 6.07) is 6.13. The average molecular weight is 527 g/mol. The number of halogens is 1. The second kappa shape index (κ2) is 15.3. The van der Waals surface area contributed by atoms with E-state index in [9.17, 15) is 4.79 Å². The first-order chi connectivity index (χ1) is 17.9. The van der Waals surface area contributed by atoms with Gasteiger partial charge in [0, 0.05) is 49.6 Å². The maximum absolute atomic E-state index is 12.2. The summed E-state index contributed by atoms with van der Waals surface area (Å²) in [5, 5.41) is 0. The summed E-state index contributed by atoms with van der Waals surface area (Å²) in [5.74, 6) is 1.02. The molecule has 0 atom stereocenters. The molecule has 0 spiro atoms. The lowest BCUT2D eigenvalue weighted by Crippen LogP contribution is -2.27. The largest absolute Gasteiger partial charge is 0.399 e. The van der Waals surface area contributed by atoms with Crippen LogP contribution in [0, 0.1) is 0 Å². The third-order valence-electron chi connectivity index (χ3n) is 6.97. The number of allylic oxidation sites excluding steroid dienone is 5. The molecule has 37 heavy (non-hydrogen) atoms. The van der Waals surface area contributed by atoms with Crippen molar-refractivity contribution in [3.05, 3.63) is 58.7 Å². The van der Waals surface area contributed by atoms with Crippen LogP contribution in [0.5, 0.6) is 0 Å². The third-order valence-corrected chi connectivity index (χ3v) is 7.24. The standard InChI is InChI=1S/C31H43ClN2O3/c1-31(2)29-22-26(33)13-11-24(29)21-25-12-14-27(23-30(25)31)34-16-7-9-28(35)10-8-18-37-20-19-36-17-6-4-3-5-15-32/h11-14,21-23H,3-10,15-20,33H2,1-2H3. The number of nitrogens with two attached hydrogens (primary N) is 1. The Labute approximate surface area is 227 Å². The van der Waals surface area contributed by atoms with Crippen molar-refractivity contribution in [1.82, 2.24) is 0 Å². The maximum atomic E-state index is 12.2. The predicted molar refractivity (Wildman–Crippen MR) is 156 cm³/mol. The molecule has 0 unspecified atom stereocenters. The van der Waals surface area contributed by atoms with Crippen LogP contribution in [-0.4, -0.2) is 50.3 Å². The number of ether oxygens (including phenoxy) is 2. The number of aliphatic imine (C=N–C) groups is 1.